The van der Waals surface area contributed by atoms with Gasteiger partial charge in [-0.15, -0.1) is 0 Å². The molecule has 16 rings (SSSR count). The zero-order chi connectivity index (χ0) is 102. The summed E-state index contributed by atoms with van der Waals surface area (Å²) in [5, 5.41) is 13.4. The predicted molar refractivity (Wildman–Crippen MR) is 642 cm³/mol. The number of aromatic nitrogens is 6. The zero-order valence-electron chi connectivity index (χ0n) is 96.9. The summed E-state index contributed by atoms with van der Waals surface area (Å²) < 4.78 is 18.1. The van der Waals surface area contributed by atoms with Crippen LogP contribution in [0.15, 0.2) is 67.8 Å². The number of piperazine rings is 1. The number of H-pyrrole nitrogens is 3. The van der Waals surface area contributed by atoms with Gasteiger partial charge in [0.2, 0.25) is 0 Å². The number of hydrogen-bond acceptors (Lipinski definition) is 13. The third-order valence-electron chi connectivity index (χ3n) is 30.5. The highest BCUT2D eigenvalue weighted by Crippen LogP contribution is 2.34. The minimum Gasteiger partial charge on any atom is -0.379 e. The number of nitrogens with zero attached hydrogens (tertiary/aromatic N) is 7. The quantitative estimate of drug-likeness (QED) is 0.0567. The lowest BCUT2D eigenvalue weighted by Gasteiger charge is -2.30. The Balaban J connectivity index is -0.000000349. The van der Waals surface area contributed by atoms with Crippen molar-refractivity contribution in [1.29, 1.82) is 0 Å². The number of imidazole rings is 2. The van der Waals surface area contributed by atoms with Crippen molar-refractivity contribution in [2.45, 2.75) is 519 Å². The second kappa shape index (κ2) is 95.6. The van der Waals surface area contributed by atoms with Crippen molar-refractivity contribution in [1.82, 2.24) is 70.4 Å². The van der Waals surface area contributed by atoms with Crippen molar-refractivity contribution >= 4 is 0 Å². The lowest BCUT2D eigenvalue weighted by Crippen LogP contribution is -2.46. The number of hydrogen-bond donors (Lipinski definition) is 7. The molecule has 7 aliphatic heterocycles. The van der Waals surface area contributed by atoms with Crippen LogP contribution < -0.4 is 21.3 Å². The van der Waals surface area contributed by atoms with E-state index in [1.165, 1.54) is 256 Å². The first-order chi connectivity index (χ1) is 65.4. The van der Waals surface area contributed by atoms with E-state index < -0.39 is 0 Å². The second-order valence-electron chi connectivity index (χ2n) is 47.0. The van der Waals surface area contributed by atoms with Gasteiger partial charge in [-0.25, -0.2) is 9.97 Å². The number of likely N-dealkylation sites (tertiary alicyclic amines) is 2. The Morgan fingerprint density at radius 3 is 0.895 bits per heavy atom. The molecule has 17 heteroatoms. The van der Waals surface area contributed by atoms with Crippen LogP contribution in [0.3, 0.4) is 0 Å². The van der Waals surface area contributed by atoms with Crippen LogP contribution in [0.4, 0.5) is 0 Å². The Hall–Kier alpha value is -3.46. The first kappa shape index (κ1) is 150. The summed E-state index contributed by atoms with van der Waals surface area (Å²) in [6, 6.07) is 12.4. The molecular weight excluding hydrogens is 1760 g/mol. The maximum atomic E-state index is 5.48. The van der Waals surface area contributed by atoms with E-state index in [2.05, 4.69) is 310 Å². The van der Waals surface area contributed by atoms with Crippen LogP contribution in [0.2, 0.25) is 0 Å². The Labute approximate surface area is 897 Å². The van der Waals surface area contributed by atoms with Gasteiger partial charge in [0.05, 0.1) is 45.5 Å². The molecule has 12 fully saturated rings. The van der Waals surface area contributed by atoms with Gasteiger partial charge in [0, 0.05) is 150 Å². The molecule has 3 unspecified atom stereocenters. The summed E-state index contributed by atoms with van der Waals surface area (Å²) in [7, 11) is 0. The molecule has 7 N–H and O–H groups in total. The van der Waals surface area contributed by atoms with Crippen molar-refractivity contribution in [3.05, 3.63) is 85.0 Å². The van der Waals surface area contributed by atoms with Gasteiger partial charge in [0.15, 0.2) is 0 Å². The number of morpholine rings is 3. The van der Waals surface area contributed by atoms with E-state index in [0.29, 0.717) is 53.8 Å². The Morgan fingerprint density at radius 2 is 0.678 bits per heavy atom. The van der Waals surface area contributed by atoms with E-state index in [-0.39, 0.29) is 44.6 Å². The number of piperidine rings is 2. The van der Waals surface area contributed by atoms with Crippen molar-refractivity contribution in [3.63, 3.8) is 0 Å². The normalized spacial score (nSPS) is 20.3. The van der Waals surface area contributed by atoms with Crippen LogP contribution in [0.5, 0.6) is 0 Å². The fourth-order valence-electron chi connectivity index (χ4n) is 19.7. The number of ether oxygens (including phenoxy) is 3. The van der Waals surface area contributed by atoms with Crippen molar-refractivity contribution in [2.24, 2.45) is 82.9 Å². The van der Waals surface area contributed by atoms with E-state index in [1.54, 1.807) is 12.5 Å². The van der Waals surface area contributed by atoms with Gasteiger partial charge >= 0.3 is 0 Å². The second-order valence-corrected chi connectivity index (χ2v) is 47.0. The third-order valence-corrected chi connectivity index (χ3v) is 30.5. The molecule has 7 saturated heterocycles. The predicted octanol–water partition coefficient (Wildman–Crippen LogP) is 33.7. The molecule has 3 atom stereocenters. The molecule has 4 aromatic heterocycles. The lowest BCUT2D eigenvalue weighted by atomic mass is 9.82. The van der Waals surface area contributed by atoms with E-state index >= 15 is 0 Å². The van der Waals surface area contributed by atoms with Gasteiger partial charge in [-0.05, 0) is 266 Å². The van der Waals surface area contributed by atoms with Gasteiger partial charge < -0.3 is 64.8 Å². The molecule has 12 aliphatic rings. The summed E-state index contributed by atoms with van der Waals surface area (Å²) in [6.45, 7) is 94.5. The summed E-state index contributed by atoms with van der Waals surface area (Å²) >= 11 is 0. The van der Waals surface area contributed by atoms with Gasteiger partial charge in [-0.1, -0.05) is 351 Å². The molecule has 5 aliphatic carbocycles. The van der Waals surface area contributed by atoms with E-state index in [0.717, 1.165) is 174 Å². The molecule has 854 valence electrons. The Bertz CT molecular complexity index is 2520. The molecule has 5 saturated carbocycles. The topological polar surface area (TPSA) is 167 Å². The van der Waals surface area contributed by atoms with Crippen LogP contribution >= 0.6 is 0 Å². The van der Waals surface area contributed by atoms with Crippen molar-refractivity contribution in [3.8, 4) is 0 Å². The van der Waals surface area contributed by atoms with Crippen molar-refractivity contribution < 1.29 is 14.2 Å². The SMILES string of the molecule is C.C.C.C.C.C.CC(C)C1CCCC1.CC(C)C1CCCC1.CC(C)C1CCCCC1.CC(C)C1CCCCC1.CC(C)C1CCCCC1.CC(C)C1CCCNC1.CC(C)C1CNCCO1.CC(C)C1COCCN1.CC(C)N1CCCC1.CC(C)N1CCCCC1.CC(C)N1CCNCC1.CC(C)N1CCOCC1.CC(C)c1ccc[nH]1.CC(C)c1cnc[nH]1.CC(C)c1ncc[nH]1.CC(C)n1cccc1. The highest BCUT2D eigenvalue weighted by molar-refractivity contribution is 5.07. The first-order valence-corrected chi connectivity index (χ1v) is 58.2. The monoisotopic (exact) mass is 2020 g/mol. The maximum Gasteiger partial charge on any atom is 0.108 e. The third kappa shape index (κ3) is 78.4. The van der Waals surface area contributed by atoms with Crippen LogP contribution in [0.1, 0.15) is 500 Å². The maximum absolute atomic E-state index is 5.48. The standard InChI is InChI=1S/3C9H18.2C8H17N.2C8H16.C7H16N2.3C7H15NO.C7H15N.2C7H11N.2C6H10N2.6CH4/c3*1-8(2)9-6-4-3-5-7-9;1-7(2)8-4-3-5-9-6-8;1-8(2)9-6-4-3-5-7-9;2*1-7(2)8-5-3-4-6-8;1-7(2)9-5-3-8-4-6-9;1-7(2)8-3-5-9-6-4-8;1-6(2)7-5-9-4-3-8-7;1-6(2)7-5-8-3-4-9-7;2*1-7(2)8-5-3-4-6-8;1-6(2)7-4-3-5-8-7;1-5(2)6-3-7-4-8-6;1-5(2)6-7-3-4-8-6;;;;;;/h3*8-9H,3-7H2,1-2H3;7-9H,3-6H2,1-2H3;8H,3-7H2,1-2H3;2*7-8H,3-6H2,1-2H3;7-8H,3-6H2,1-2H3;7H,3-6H2,1-2H3;2*6-8H,3-5H2,1-2H3;7H,3-6H2,1-2H3;3-7H,1-2H3;3-6,8H,1-2H3;2*3-5H,1-2H3,(H,7,8);6*1H4. The van der Waals surface area contributed by atoms with Crippen LogP contribution in [0, 0.1) is 82.9 Å². The van der Waals surface area contributed by atoms with E-state index in [1.807, 2.05) is 36.8 Å². The minimum absolute atomic E-state index is 0. The highest BCUT2D eigenvalue weighted by Gasteiger charge is 2.24. The molecule has 0 bridgehead atoms. The minimum atomic E-state index is 0. The zero-order valence-corrected chi connectivity index (χ0v) is 96.9. The number of aromatic amines is 3. The Kier molecular flexibility index (Phi) is 100. The molecule has 4 aromatic rings. The number of nitrogens with one attached hydrogen (secondary N) is 7. The molecule has 0 aromatic carbocycles. The lowest BCUT2D eigenvalue weighted by molar-refractivity contribution is 0.000506. The molecule has 143 heavy (non-hydrogen) atoms. The highest BCUT2D eigenvalue weighted by atomic mass is 16.5. The van der Waals surface area contributed by atoms with Crippen LogP contribution in [-0.4, -0.2) is 217 Å². The summed E-state index contributed by atoms with van der Waals surface area (Å²) in [5.41, 5.74) is 2.51. The molecule has 0 amide bonds. The fraction of sp³-hybridized carbons (Fsp3) is 0.889. The average Bonchev–Trinajstić information content (AvgIpc) is 1.71. The summed E-state index contributed by atoms with van der Waals surface area (Å²) in [5.74, 6) is 15.9. The molecule has 11 heterocycles. The first-order valence-electron chi connectivity index (χ1n) is 58.2. The van der Waals surface area contributed by atoms with Gasteiger partial charge in [-0.2, -0.15) is 0 Å². The summed E-state index contributed by atoms with van der Waals surface area (Å²) in [4.78, 5) is 27.2. The van der Waals surface area contributed by atoms with Crippen LogP contribution in [-0.2, 0) is 14.2 Å². The average molecular weight is 2020 g/mol. The molecule has 17 nitrogen and oxygen atoms in total. The molecular formula is C126H262N14O3. The van der Waals surface area contributed by atoms with Gasteiger partial charge in [-0.3, -0.25) is 9.80 Å². The van der Waals surface area contributed by atoms with Crippen molar-refractivity contribution in [2.75, 3.05) is 131 Å². The van der Waals surface area contributed by atoms with E-state index in [9.17, 15) is 0 Å². The smallest absolute Gasteiger partial charge is 0.108 e. The fourth-order valence-corrected chi connectivity index (χ4v) is 19.7. The van der Waals surface area contributed by atoms with Gasteiger partial charge in [0.1, 0.15) is 5.82 Å². The largest absolute Gasteiger partial charge is 0.379 e. The summed E-state index contributed by atoms with van der Waals surface area (Å²) in [6.07, 6.45) is 58.0. The van der Waals surface area contributed by atoms with Gasteiger partial charge in [0.25, 0.3) is 0 Å². The Morgan fingerprint density at radius 1 is 0.301 bits per heavy atom. The van der Waals surface area contributed by atoms with Crippen LogP contribution in [0.25, 0.3) is 0 Å². The molecule has 0 spiro atoms. The van der Waals surface area contributed by atoms with E-state index in [4.69, 9.17) is 14.2 Å². The molecule has 0 radical (unpaired) electrons. The number of rotatable bonds is 16.